The summed E-state index contributed by atoms with van der Waals surface area (Å²) in [5.41, 5.74) is 2.83. The lowest BCUT2D eigenvalue weighted by Gasteiger charge is -1.96. The number of halogens is 2. The molecule has 3 heterocycles. The third kappa shape index (κ3) is 2.38. The Balaban J connectivity index is 1.65. The summed E-state index contributed by atoms with van der Waals surface area (Å²) in [6.07, 6.45) is 8.66. The second-order valence-corrected chi connectivity index (χ2v) is 6.55. The molecule has 0 aliphatic heterocycles. The number of aromatic nitrogens is 4. The second kappa shape index (κ2) is 5.25. The van der Waals surface area contributed by atoms with E-state index in [-0.39, 0.29) is 0 Å². The zero-order valence-electron chi connectivity index (χ0n) is 12.3. The van der Waals surface area contributed by atoms with Gasteiger partial charge in [-0.1, -0.05) is 36.4 Å². The smallest absolute Gasteiger partial charge is 0.155 e. The van der Waals surface area contributed by atoms with Crippen LogP contribution >= 0.6 is 23.2 Å². The molecule has 1 aliphatic rings. The van der Waals surface area contributed by atoms with Crippen molar-refractivity contribution in [3.8, 4) is 0 Å². The van der Waals surface area contributed by atoms with E-state index in [9.17, 15) is 0 Å². The lowest BCUT2D eigenvalue weighted by molar-refractivity contribution is 0.954. The molecule has 6 heteroatoms. The van der Waals surface area contributed by atoms with Crippen LogP contribution in [0.25, 0.3) is 16.9 Å². The Labute approximate surface area is 143 Å². The molecule has 1 fully saturated rings. The summed E-state index contributed by atoms with van der Waals surface area (Å²) in [4.78, 5) is 9.26. The molecule has 4 rings (SSSR count). The van der Waals surface area contributed by atoms with Gasteiger partial charge in [-0.15, -0.1) is 0 Å². The molecule has 0 spiro atoms. The maximum absolute atomic E-state index is 6.19. The van der Waals surface area contributed by atoms with Gasteiger partial charge in [-0.25, -0.2) is 9.97 Å². The predicted molar refractivity (Wildman–Crippen MR) is 93.8 cm³/mol. The Bertz CT molecular complexity index is 937. The van der Waals surface area contributed by atoms with Crippen LogP contribution in [0.3, 0.4) is 0 Å². The van der Waals surface area contributed by atoms with Gasteiger partial charge in [0.05, 0.1) is 21.4 Å². The molecule has 116 valence electrons. The minimum absolute atomic E-state index is 0.342. The van der Waals surface area contributed by atoms with Gasteiger partial charge in [-0.3, -0.25) is 0 Å². The fourth-order valence-corrected chi connectivity index (χ4v) is 3.31. The van der Waals surface area contributed by atoms with Crippen LogP contribution in [0.4, 0.5) is 0 Å². The molecular weight excluding hydrogens is 331 g/mol. The van der Waals surface area contributed by atoms with Gasteiger partial charge in [0.2, 0.25) is 0 Å². The largest absolute Gasteiger partial charge is 0.306 e. The Kier molecular flexibility index (Phi) is 3.32. The number of pyridine rings is 1. The molecule has 0 N–H and O–H groups in total. The van der Waals surface area contributed by atoms with Crippen LogP contribution in [0.15, 0.2) is 43.9 Å². The van der Waals surface area contributed by atoms with Crippen molar-refractivity contribution in [3.63, 3.8) is 0 Å². The van der Waals surface area contributed by atoms with E-state index in [0.717, 1.165) is 23.5 Å². The first kappa shape index (κ1) is 14.5. The number of rotatable bonds is 4. The zero-order chi connectivity index (χ0) is 16.1. The molecule has 1 aliphatic carbocycles. The fraction of sp³-hybridized carbons (Fsp3) is 0.176. The zero-order valence-corrected chi connectivity index (χ0v) is 13.8. The van der Waals surface area contributed by atoms with Crippen molar-refractivity contribution < 1.29 is 0 Å². The maximum Gasteiger partial charge on any atom is 0.155 e. The van der Waals surface area contributed by atoms with Gasteiger partial charge in [-0.05, 0) is 18.6 Å². The van der Waals surface area contributed by atoms with Crippen molar-refractivity contribution in [1.29, 1.82) is 0 Å². The average molecular weight is 345 g/mol. The van der Waals surface area contributed by atoms with Gasteiger partial charge in [0.25, 0.3) is 0 Å². The van der Waals surface area contributed by atoms with Crippen LogP contribution in [-0.4, -0.2) is 18.9 Å². The Morgan fingerprint density at radius 1 is 1.26 bits per heavy atom. The third-order valence-corrected chi connectivity index (χ3v) is 4.66. The van der Waals surface area contributed by atoms with Crippen molar-refractivity contribution in [2.75, 3.05) is 0 Å². The van der Waals surface area contributed by atoms with Gasteiger partial charge in [0.1, 0.15) is 0 Å². The summed E-state index contributed by atoms with van der Waals surface area (Å²) in [5.74, 6) is 1.34. The minimum Gasteiger partial charge on any atom is -0.306 e. The molecular formula is C17H14Cl2N4. The standard InChI is InChI=1S/C17H14Cl2N4/c1-3-22-8-14(20-16(22)10(2)18)11-7-12(11)15-9-23-6-4-5-13(19)17(23)21-15/h3-6,8-9,11-12H,1-2,7H2. The monoisotopic (exact) mass is 344 g/mol. The maximum atomic E-state index is 6.19. The molecule has 0 radical (unpaired) electrons. The Hall–Kier alpha value is -2.04. The van der Waals surface area contributed by atoms with E-state index < -0.39 is 0 Å². The molecule has 23 heavy (non-hydrogen) atoms. The first-order valence-electron chi connectivity index (χ1n) is 7.27. The highest BCUT2D eigenvalue weighted by Gasteiger charge is 2.43. The fourth-order valence-electron chi connectivity index (χ4n) is 2.96. The van der Waals surface area contributed by atoms with Gasteiger partial charge < -0.3 is 8.97 Å². The van der Waals surface area contributed by atoms with Crippen LogP contribution in [0.1, 0.15) is 35.5 Å². The molecule has 4 nitrogen and oxygen atoms in total. The Morgan fingerprint density at radius 3 is 2.61 bits per heavy atom. The lowest BCUT2D eigenvalue weighted by atomic mass is 10.2. The average Bonchev–Trinajstić information content (AvgIpc) is 3.02. The van der Waals surface area contributed by atoms with E-state index in [1.165, 1.54) is 0 Å². The van der Waals surface area contributed by atoms with Crippen molar-refractivity contribution in [2.24, 2.45) is 0 Å². The normalized spacial score (nSPS) is 19.9. The van der Waals surface area contributed by atoms with E-state index in [1.807, 2.05) is 35.1 Å². The molecule has 0 saturated heterocycles. The predicted octanol–water partition coefficient (Wildman–Crippen LogP) is 4.77. The summed E-state index contributed by atoms with van der Waals surface area (Å²) < 4.78 is 3.77. The molecule has 3 aromatic rings. The van der Waals surface area contributed by atoms with Crippen LogP contribution in [0, 0.1) is 0 Å². The van der Waals surface area contributed by atoms with Gasteiger partial charge in [-0.2, -0.15) is 0 Å². The first-order chi connectivity index (χ1) is 11.1. The number of hydrogen-bond acceptors (Lipinski definition) is 2. The number of fused-ring (bicyclic) bond motifs is 1. The summed E-state index contributed by atoms with van der Waals surface area (Å²) in [6, 6.07) is 3.76. The van der Waals surface area contributed by atoms with E-state index in [1.54, 1.807) is 10.8 Å². The molecule has 0 amide bonds. The van der Waals surface area contributed by atoms with E-state index >= 15 is 0 Å². The third-order valence-electron chi connectivity index (χ3n) is 4.19. The van der Waals surface area contributed by atoms with E-state index in [0.29, 0.717) is 27.7 Å². The lowest BCUT2D eigenvalue weighted by Crippen LogP contribution is -1.89. The highest BCUT2D eigenvalue weighted by atomic mass is 35.5. The topological polar surface area (TPSA) is 35.1 Å². The highest BCUT2D eigenvalue weighted by molar-refractivity contribution is 6.47. The SMILES string of the molecule is C=Cn1cc(C2CC2c2cn3cccc(Cl)c3n2)nc1C(=C)Cl. The van der Waals surface area contributed by atoms with Gasteiger partial charge >= 0.3 is 0 Å². The van der Waals surface area contributed by atoms with Crippen molar-refractivity contribution in [1.82, 2.24) is 18.9 Å². The van der Waals surface area contributed by atoms with E-state index in [2.05, 4.69) is 23.1 Å². The molecule has 0 bridgehead atoms. The summed E-state index contributed by atoms with van der Waals surface area (Å²) in [5, 5.41) is 1.07. The molecule has 2 atom stereocenters. The summed E-state index contributed by atoms with van der Waals surface area (Å²) >= 11 is 12.2. The number of nitrogens with zero attached hydrogens (tertiary/aromatic N) is 4. The highest BCUT2D eigenvalue weighted by Crippen LogP contribution is 2.54. The summed E-state index contributed by atoms with van der Waals surface area (Å²) in [7, 11) is 0. The molecule has 2 unspecified atom stereocenters. The van der Waals surface area contributed by atoms with Crippen molar-refractivity contribution >= 4 is 40.1 Å². The van der Waals surface area contributed by atoms with Crippen LogP contribution in [-0.2, 0) is 0 Å². The second-order valence-electron chi connectivity index (χ2n) is 5.69. The first-order valence-corrected chi connectivity index (χ1v) is 8.03. The quantitative estimate of drug-likeness (QED) is 0.683. The molecule has 1 saturated carbocycles. The number of imidazole rings is 2. The molecule has 3 aromatic heterocycles. The van der Waals surface area contributed by atoms with Crippen molar-refractivity contribution in [3.05, 3.63) is 66.1 Å². The Morgan fingerprint density at radius 2 is 2.00 bits per heavy atom. The summed E-state index contributed by atoms with van der Waals surface area (Å²) in [6.45, 7) is 7.52. The van der Waals surface area contributed by atoms with Gasteiger partial charge in [0, 0.05) is 36.6 Å². The van der Waals surface area contributed by atoms with Gasteiger partial charge in [0.15, 0.2) is 11.5 Å². The minimum atomic E-state index is 0.342. The van der Waals surface area contributed by atoms with Crippen LogP contribution < -0.4 is 0 Å². The van der Waals surface area contributed by atoms with E-state index in [4.69, 9.17) is 23.2 Å². The molecule has 0 aromatic carbocycles. The number of hydrogen-bond donors (Lipinski definition) is 0. The van der Waals surface area contributed by atoms with Crippen LogP contribution in [0.2, 0.25) is 5.02 Å². The van der Waals surface area contributed by atoms with Crippen molar-refractivity contribution in [2.45, 2.75) is 18.3 Å². The van der Waals surface area contributed by atoms with Crippen LogP contribution in [0.5, 0.6) is 0 Å².